The van der Waals surface area contributed by atoms with Gasteiger partial charge in [-0.2, -0.15) is 0 Å². The molecule has 0 bridgehead atoms. The van der Waals surface area contributed by atoms with Crippen LogP contribution in [0.2, 0.25) is 0 Å². The van der Waals surface area contributed by atoms with Crippen LogP contribution in [-0.2, 0) is 6.42 Å². The van der Waals surface area contributed by atoms with Gasteiger partial charge in [0.25, 0.3) is 11.6 Å². The minimum atomic E-state index is -0.221. The number of pyridine rings is 2. The van der Waals surface area contributed by atoms with E-state index in [0.29, 0.717) is 34.1 Å². The molecule has 128 valence electrons. The Balaban J connectivity index is 1.76. The lowest BCUT2D eigenvalue weighted by molar-refractivity contribution is 0.102. The molecule has 3 heterocycles. The molecule has 7 heteroatoms. The molecule has 1 amide bonds. The molecular formula is C18H19N5O2. The average molecular weight is 337 g/mol. The molecule has 25 heavy (non-hydrogen) atoms. The van der Waals surface area contributed by atoms with Gasteiger partial charge in [-0.1, -0.05) is 18.5 Å². The molecule has 0 saturated heterocycles. The van der Waals surface area contributed by atoms with Crippen molar-refractivity contribution >= 4 is 28.5 Å². The molecule has 1 saturated carbocycles. The molecule has 0 unspecified atom stereocenters. The van der Waals surface area contributed by atoms with Crippen LogP contribution in [0.5, 0.6) is 0 Å². The normalized spacial score (nSPS) is 14.0. The number of rotatable bonds is 5. The Kier molecular flexibility index (Phi) is 3.83. The van der Waals surface area contributed by atoms with Gasteiger partial charge in [0.1, 0.15) is 5.82 Å². The first-order valence-corrected chi connectivity index (χ1v) is 8.47. The lowest BCUT2D eigenvalue weighted by atomic mass is 10.0. The highest BCUT2D eigenvalue weighted by Gasteiger charge is 2.29. The summed E-state index contributed by atoms with van der Waals surface area (Å²) in [4.78, 5) is 21.5. The summed E-state index contributed by atoms with van der Waals surface area (Å²) >= 11 is 0. The van der Waals surface area contributed by atoms with E-state index in [1.807, 2.05) is 6.07 Å². The molecule has 4 rings (SSSR count). The Bertz CT molecular complexity index is 929. The molecule has 0 spiro atoms. The van der Waals surface area contributed by atoms with Crippen LogP contribution >= 0.6 is 0 Å². The Hall–Kier alpha value is -2.96. The summed E-state index contributed by atoms with van der Waals surface area (Å²) in [6.07, 6.45) is 5.37. The molecule has 0 aromatic carbocycles. The Morgan fingerprint density at radius 3 is 2.92 bits per heavy atom. The highest BCUT2D eigenvalue weighted by atomic mass is 16.5. The molecule has 0 aliphatic heterocycles. The number of carbonyl (C=O) groups excluding carboxylic acids is 1. The third-order valence-corrected chi connectivity index (χ3v) is 4.31. The first-order chi connectivity index (χ1) is 12.2. The first kappa shape index (κ1) is 15.6. The predicted molar refractivity (Wildman–Crippen MR) is 94.4 cm³/mol. The highest BCUT2D eigenvalue weighted by Crippen LogP contribution is 2.40. The maximum absolute atomic E-state index is 12.9. The van der Waals surface area contributed by atoms with Gasteiger partial charge in [0.2, 0.25) is 0 Å². The number of hydrogen-bond donors (Lipinski definition) is 2. The van der Waals surface area contributed by atoms with Gasteiger partial charge in [0, 0.05) is 11.6 Å². The van der Waals surface area contributed by atoms with Crippen molar-refractivity contribution in [3.8, 4) is 0 Å². The fraction of sp³-hybridized carbons (Fsp3) is 0.333. The Morgan fingerprint density at radius 2 is 2.24 bits per heavy atom. The van der Waals surface area contributed by atoms with Crippen molar-refractivity contribution in [1.29, 1.82) is 0 Å². The SMILES string of the molecule is CCCc1noc2nc(C3CC3)cc(C(=O)Nc3ccc(N)nc3)c12. The number of aromatic nitrogens is 3. The molecule has 1 aliphatic rings. The quantitative estimate of drug-likeness (QED) is 0.740. The number of fused-ring (bicyclic) bond motifs is 1. The number of aryl methyl sites for hydroxylation is 1. The second-order valence-electron chi connectivity index (χ2n) is 6.35. The lowest BCUT2D eigenvalue weighted by Crippen LogP contribution is -2.14. The smallest absolute Gasteiger partial charge is 0.259 e. The molecule has 0 radical (unpaired) electrons. The third kappa shape index (κ3) is 3.05. The lowest BCUT2D eigenvalue weighted by Gasteiger charge is -2.08. The molecule has 0 atom stereocenters. The zero-order chi connectivity index (χ0) is 17.4. The van der Waals surface area contributed by atoms with E-state index < -0.39 is 0 Å². The molecule has 1 fully saturated rings. The van der Waals surface area contributed by atoms with Gasteiger partial charge in [-0.15, -0.1) is 0 Å². The van der Waals surface area contributed by atoms with Gasteiger partial charge in [-0.05, 0) is 37.5 Å². The van der Waals surface area contributed by atoms with Crippen molar-refractivity contribution in [2.45, 2.75) is 38.5 Å². The zero-order valence-electron chi connectivity index (χ0n) is 14.0. The Labute approximate surface area is 144 Å². The molecule has 1 aliphatic carbocycles. The second-order valence-corrected chi connectivity index (χ2v) is 6.35. The topological polar surface area (TPSA) is 107 Å². The van der Waals surface area contributed by atoms with Crippen molar-refractivity contribution < 1.29 is 9.32 Å². The standard InChI is InChI=1S/C18H19N5O2/c1-2-3-13-16-12(17(24)21-11-6-7-15(19)20-9-11)8-14(10-4-5-10)22-18(16)25-23-13/h6-10H,2-5H2,1H3,(H2,19,20)(H,21,24). The Morgan fingerprint density at radius 1 is 1.40 bits per heavy atom. The van der Waals surface area contributed by atoms with E-state index in [1.54, 1.807) is 12.1 Å². The van der Waals surface area contributed by atoms with Crippen LogP contribution in [0.3, 0.4) is 0 Å². The van der Waals surface area contributed by atoms with E-state index in [9.17, 15) is 4.79 Å². The number of carbonyl (C=O) groups is 1. The van der Waals surface area contributed by atoms with Gasteiger partial charge in [0.15, 0.2) is 0 Å². The van der Waals surface area contributed by atoms with E-state index in [0.717, 1.165) is 37.1 Å². The van der Waals surface area contributed by atoms with Gasteiger partial charge >= 0.3 is 0 Å². The molecular weight excluding hydrogens is 318 g/mol. The zero-order valence-corrected chi connectivity index (χ0v) is 14.0. The van der Waals surface area contributed by atoms with Gasteiger partial charge < -0.3 is 15.6 Å². The highest BCUT2D eigenvalue weighted by molar-refractivity contribution is 6.12. The van der Waals surface area contributed by atoms with Crippen LogP contribution in [-0.4, -0.2) is 21.0 Å². The number of nitrogens with two attached hydrogens (primary N) is 1. The number of nitrogen functional groups attached to an aromatic ring is 1. The summed E-state index contributed by atoms with van der Waals surface area (Å²) in [6, 6.07) is 5.24. The second kappa shape index (κ2) is 6.16. The van der Waals surface area contributed by atoms with Crippen LogP contribution in [0.1, 0.15) is 53.8 Å². The van der Waals surface area contributed by atoms with Crippen molar-refractivity contribution in [2.24, 2.45) is 0 Å². The first-order valence-electron chi connectivity index (χ1n) is 8.47. The molecule has 3 N–H and O–H groups in total. The van der Waals surface area contributed by atoms with E-state index in [2.05, 4.69) is 27.4 Å². The van der Waals surface area contributed by atoms with Crippen LogP contribution in [0.4, 0.5) is 11.5 Å². The maximum atomic E-state index is 12.9. The van der Waals surface area contributed by atoms with Gasteiger partial charge in [0.05, 0.1) is 28.5 Å². The third-order valence-electron chi connectivity index (χ3n) is 4.31. The van der Waals surface area contributed by atoms with Crippen molar-refractivity contribution in [2.75, 3.05) is 11.1 Å². The average Bonchev–Trinajstić information content (AvgIpc) is 3.39. The number of hydrogen-bond acceptors (Lipinski definition) is 6. The summed E-state index contributed by atoms with van der Waals surface area (Å²) in [6.45, 7) is 2.06. The van der Waals surface area contributed by atoms with E-state index in [1.165, 1.54) is 6.20 Å². The summed E-state index contributed by atoms with van der Waals surface area (Å²) in [5.41, 5.74) is 8.83. The van der Waals surface area contributed by atoms with Crippen molar-refractivity contribution in [1.82, 2.24) is 15.1 Å². The largest absolute Gasteiger partial charge is 0.384 e. The van der Waals surface area contributed by atoms with Crippen LogP contribution < -0.4 is 11.1 Å². The van der Waals surface area contributed by atoms with E-state index in [4.69, 9.17) is 10.3 Å². The summed E-state index contributed by atoms with van der Waals surface area (Å²) in [5, 5.41) is 7.69. The summed E-state index contributed by atoms with van der Waals surface area (Å²) in [5.74, 6) is 0.597. The van der Waals surface area contributed by atoms with Gasteiger partial charge in [-0.25, -0.2) is 9.97 Å². The number of amides is 1. The van der Waals surface area contributed by atoms with Crippen LogP contribution in [0.15, 0.2) is 28.9 Å². The van der Waals surface area contributed by atoms with E-state index in [-0.39, 0.29) is 5.91 Å². The molecule has 3 aromatic heterocycles. The minimum Gasteiger partial charge on any atom is -0.384 e. The van der Waals surface area contributed by atoms with Crippen molar-refractivity contribution in [3.05, 3.63) is 41.3 Å². The monoisotopic (exact) mass is 337 g/mol. The summed E-state index contributed by atoms with van der Waals surface area (Å²) in [7, 11) is 0. The maximum Gasteiger partial charge on any atom is 0.259 e. The fourth-order valence-corrected chi connectivity index (χ4v) is 2.88. The van der Waals surface area contributed by atoms with Crippen molar-refractivity contribution in [3.63, 3.8) is 0 Å². The van der Waals surface area contributed by atoms with Gasteiger partial charge in [-0.3, -0.25) is 4.79 Å². The minimum absolute atomic E-state index is 0.221. The van der Waals surface area contributed by atoms with Crippen LogP contribution in [0, 0.1) is 0 Å². The number of nitrogens with zero attached hydrogens (tertiary/aromatic N) is 3. The number of nitrogens with one attached hydrogen (secondary N) is 1. The van der Waals surface area contributed by atoms with E-state index >= 15 is 0 Å². The molecule has 7 nitrogen and oxygen atoms in total. The number of anilines is 2. The predicted octanol–water partition coefficient (Wildman–Crippen LogP) is 3.28. The fourth-order valence-electron chi connectivity index (χ4n) is 2.88. The molecule has 3 aromatic rings. The summed E-state index contributed by atoms with van der Waals surface area (Å²) < 4.78 is 5.41. The van der Waals surface area contributed by atoms with Crippen LogP contribution in [0.25, 0.3) is 11.1 Å².